The number of aromatic nitrogens is 2. The molecular formula is C19H24N4S. The van der Waals surface area contributed by atoms with Gasteiger partial charge in [-0.3, -0.25) is 0 Å². The van der Waals surface area contributed by atoms with Crippen molar-refractivity contribution in [3.63, 3.8) is 0 Å². The monoisotopic (exact) mass is 340 g/mol. The van der Waals surface area contributed by atoms with Gasteiger partial charge in [-0.1, -0.05) is 12.8 Å². The molecule has 3 fully saturated rings. The third kappa shape index (κ3) is 2.69. The van der Waals surface area contributed by atoms with E-state index in [4.69, 9.17) is 4.98 Å². The summed E-state index contributed by atoms with van der Waals surface area (Å²) in [6.07, 6.45) is 9.36. The van der Waals surface area contributed by atoms with Crippen molar-refractivity contribution in [1.29, 1.82) is 0 Å². The Balaban J connectivity index is 1.26. The van der Waals surface area contributed by atoms with Gasteiger partial charge in [0.2, 0.25) is 5.13 Å². The van der Waals surface area contributed by atoms with Gasteiger partial charge in [0.25, 0.3) is 0 Å². The molecule has 1 aromatic carbocycles. The molecule has 2 aromatic rings. The van der Waals surface area contributed by atoms with Crippen LogP contribution < -0.4 is 10.2 Å². The summed E-state index contributed by atoms with van der Waals surface area (Å²) in [7, 11) is 0. The van der Waals surface area contributed by atoms with Crippen molar-refractivity contribution in [3.8, 4) is 0 Å². The second kappa shape index (κ2) is 6.03. The summed E-state index contributed by atoms with van der Waals surface area (Å²) >= 11 is 1.49. The standard InChI is InChI=1S/C19H24N4S/c1-2-4-14(3-1)18-21-19(24-22-18)20-15-6-9-16(10-7-15)23-12-13-5-8-17(23)11-13/h6-7,9-10,13-14,17H,1-5,8,11-12H2,(H,20,21,22). The van der Waals surface area contributed by atoms with Crippen LogP contribution >= 0.6 is 11.5 Å². The molecule has 1 N–H and O–H groups in total. The van der Waals surface area contributed by atoms with Gasteiger partial charge in [-0.25, -0.2) is 4.98 Å². The van der Waals surface area contributed by atoms with Gasteiger partial charge >= 0.3 is 0 Å². The normalized spacial score (nSPS) is 26.4. The number of benzene rings is 1. The van der Waals surface area contributed by atoms with E-state index >= 15 is 0 Å². The molecule has 2 aliphatic carbocycles. The van der Waals surface area contributed by atoms with Gasteiger partial charge in [-0.05, 0) is 62.3 Å². The molecule has 0 radical (unpaired) electrons. The molecule has 2 heterocycles. The molecule has 0 amide bonds. The molecule has 1 aliphatic heterocycles. The zero-order chi connectivity index (χ0) is 15.9. The van der Waals surface area contributed by atoms with Crippen molar-refractivity contribution in [3.05, 3.63) is 30.1 Å². The second-order valence-corrected chi connectivity index (χ2v) is 8.35. The van der Waals surface area contributed by atoms with Crippen LogP contribution in [0.5, 0.6) is 0 Å². The molecule has 4 nitrogen and oxygen atoms in total. The number of nitrogens with zero attached hydrogens (tertiary/aromatic N) is 3. The van der Waals surface area contributed by atoms with Crippen molar-refractivity contribution in [2.24, 2.45) is 5.92 Å². The number of fused-ring (bicyclic) bond motifs is 2. The van der Waals surface area contributed by atoms with Crippen molar-refractivity contribution in [2.45, 2.75) is 56.9 Å². The minimum absolute atomic E-state index is 0.588. The highest BCUT2D eigenvalue weighted by atomic mass is 32.1. The van der Waals surface area contributed by atoms with Crippen LogP contribution in [0.4, 0.5) is 16.5 Å². The molecule has 3 aliphatic rings. The minimum atomic E-state index is 0.588. The predicted molar refractivity (Wildman–Crippen MR) is 99.3 cm³/mol. The highest BCUT2D eigenvalue weighted by Crippen LogP contribution is 2.40. The van der Waals surface area contributed by atoms with Crippen LogP contribution in [0.2, 0.25) is 0 Å². The SMILES string of the molecule is c1cc(N2CC3CCC2C3)ccc1Nc1nc(C2CCCC2)ns1. The Hall–Kier alpha value is -1.62. The van der Waals surface area contributed by atoms with Crippen LogP contribution in [-0.2, 0) is 0 Å². The number of hydrogen-bond donors (Lipinski definition) is 1. The van der Waals surface area contributed by atoms with Gasteiger partial charge in [0, 0.05) is 41.4 Å². The smallest absolute Gasteiger partial charge is 0.207 e. The summed E-state index contributed by atoms with van der Waals surface area (Å²) in [6.45, 7) is 1.25. The Morgan fingerprint density at radius 3 is 2.58 bits per heavy atom. The Morgan fingerprint density at radius 2 is 1.88 bits per heavy atom. The molecule has 2 unspecified atom stereocenters. The molecule has 2 bridgehead atoms. The fourth-order valence-corrected chi connectivity index (χ4v) is 5.40. The number of rotatable bonds is 4. The first kappa shape index (κ1) is 14.7. The average molecular weight is 340 g/mol. The number of piperidine rings is 1. The third-order valence-electron chi connectivity index (χ3n) is 6.02. The van der Waals surface area contributed by atoms with Crippen LogP contribution in [0.3, 0.4) is 0 Å². The molecule has 2 atom stereocenters. The van der Waals surface area contributed by atoms with E-state index in [1.54, 1.807) is 0 Å². The van der Waals surface area contributed by atoms with E-state index in [9.17, 15) is 0 Å². The maximum Gasteiger partial charge on any atom is 0.207 e. The minimum Gasteiger partial charge on any atom is -0.368 e. The Labute approximate surface area is 147 Å². The van der Waals surface area contributed by atoms with Crippen LogP contribution in [0.25, 0.3) is 0 Å². The first-order valence-electron chi connectivity index (χ1n) is 9.32. The van der Waals surface area contributed by atoms with Gasteiger partial charge < -0.3 is 10.2 Å². The molecule has 126 valence electrons. The van der Waals surface area contributed by atoms with Crippen molar-refractivity contribution in [2.75, 3.05) is 16.8 Å². The average Bonchev–Trinajstić information content (AvgIpc) is 3.39. The molecule has 5 rings (SSSR count). The van der Waals surface area contributed by atoms with Crippen LogP contribution in [0, 0.1) is 5.92 Å². The van der Waals surface area contributed by atoms with Gasteiger partial charge in [-0.2, -0.15) is 4.37 Å². The second-order valence-electron chi connectivity index (χ2n) is 7.60. The first-order valence-corrected chi connectivity index (χ1v) is 10.1. The summed E-state index contributed by atoms with van der Waals surface area (Å²) in [6, 6.07) is 9.64. The maximum atomic E-state index is 4.70. The topological polar surface area (TPSA) is 41.0 Å². The first-order chi connectivity index (χ1) is 11.8. The molecule has 24 heavy (non-hydrogen) atoms. The summed E-state index contributed by atoms with van der Waals surface area (Å²) < 4.78 is 4.56. The van der Waals surface area contributed by atoms with E-state index in [1.165, 1.54) is 68.7 Å². The van der Waals surface area contributed by atoms with Crippen molar-refractivity contribution < 1.29 is 0 Å². The van der Waals surface area contributed by atoms with E-state index < -0.39 is 0 Å². The van der Waals surface area contributed by atoms with E-state index in [2.05, 4.69) is 38.9 Å². The lowest BCUT2D eigenvalue weighted by Crippen LogP contribution is -2.31. The van der Waals surface area contributed by atoms with Crippen LogP contribution in [-0.4, -0.2) is 21.9 Å². The van der Waals surface area contributed by atoms with Gasteiger partial charge in [0.1, 0.15) is 5.82 Å². The maximum absolute atomic E-state index is 4.70. The van der Waals surface area contributed by atoms with Gasteiger partial charge in [-0.15, -0.1) is 0 Å². The summed E-state index contributed by atoms with van der Waals surface area (Å²) in [4.78, 5) is 7.30. The highest BCUT2D eigenvalue weighted by Gasteiger charge is 2.37. The quantitative estimate of drug-likeness (QED) is 0.857. The van der Waals surface area contributed by atoms with Crippen molar-refractivity contribution in [1.82, 2.24) is 9.36 Å². The Morgan fingerprint density at radius 1 is 1.04 bits per heavy atom. The van der Waals surface area contributed by atoms with Gasteiger partial charge in [0.05, 0.1) is 0 Å². The lowest BCUT2D eigenvalue weighted by Gasteiger charge is -2.29. The summed E-state index contributed by atoms with van der Waals surface area (Å²) in [5, 5.41) is 4.35. The molecule has 5 heteroatoms. The van der Waals surface area contributed by atoms with E-state index in [1.807, 2.05) is 0 Å². The van der Waals surface area contributed by atoms with Crippen LogP contribution in [0.1, 0.15) is 56.7 Å². The van der Waals surface area contributed by atoms with E-state index in [0.29, 0.717) is 5.92 Å². The fraction of sp³-hybridized carbons (Fsp3) is 0.579. The van der Waals surface area contributed by atoms with Crippen molar-refractivity contribution >= 4 is 28.0 Å². The lowest BCUT2D eigenvalue weighted by molar-refractivity contribution is 0.553. The van der Waals surface area contributed by atoms with Crippen LogP contribution in [0.15, 0.2) is 24.3 Å². The number of hydrogen-bond acceptors (Lipinski definition) is 5. The van der Waals surface area contributed by atoms with Gasteiger partial charge in [0.15, 0.2) is 0 Å². The number of nitrogens with one attached hydrogen (secondary N) is 1. The highest BCUT2D eigenvalue weighted by molar-refractivity contribution is 7.09. The largest absolute Gasteiger partial charge is 0.368 e. The molecule has 1 saturated heterocycles. The Kier molecular flexibility index (Phi) is 3.69. The molecule has 2 saturated carbocycles. The zero-order valence-corrected chi connectivity index (χ0v) is 14.8. The van der Waals surface area contributed by atoms with E-state index in [-0.39, 0.29) is 0 Å². The molecule has 0 spiro atoms. The summed E-state index contributed by atoms with van der Waals surface area (Å²) in [5.74, 6) is 2.57. The van der Waals surface area contributed by atoms with E-state index in [0.717, 1.165) is 28.6 Å². The molecular weight excluding hydrogens is 316 g/mol. The number of anilines is 3. The summed E-state index contributed by atoms with van der Waals surface area (Å²) in [5.41, 5.74) is 2.48. The molecule has 1 aromatic heterocycles. The Bertz CT molecular complexity index is 704. The predicted octanol–water partition coefficient (Wildman–Crippen LogP) is 4.93. The fourth-order valence-electron chi connectivity index (χ4n) is 4.74. The third-order valence-corrected chi connectivity index (χ3v) is 6.67. The zero-order valence-electron chi connectivity index (χ0n) is 13.9. The lowest BCUT2D eigenvalue weighted by atomic mass is 10.1.